The fourth-order valence-electron chi connectivity index (χ4n) is 4.32. The first kappa shape index (κ1) is 21.4. The molecular weight excluding hydrogens is 433 g/mol. The van der Waals surface area contributed by atoms with Crippen LogP contribution in [0.3, 0.4) is 0 Å². The van der Waals surface area contributed by atoms with E-state index in [1.54, 1.807) is 42.5 Å². The number of fused-ring (bicyclic) bond motifs is 1. The first-order chi connectivity index (χ1) is 16.5. The standard InChI is InChI=1S/C28H20FNO4/c1-34-21-14-12-20(13-15-21)30-25(22-8-4-5-9-23(22)29)24(27(32)28(30)33)26(31)19-11-10-17-6-2-3-7-18(17)16-19/h2-16,25,31H,1H3/b26-24+. The van der Waals surface area contributed by atoms with Gasteiger partial charge in [-0.2, -0.15) is 0 Å². The van der Waals surface area contributed by atoms with Gasteiger partial charge < -0.3 is 9.84 Å². The molecule has 1 aliphatic rings. The third-order valence-corrected chi connectivity index (χ3v) is 6.02. The SMILES string of the molecule is COc1ccc(N2C(=O)C(=O)/C(=C(/O)c3ccc4ccccc4c3)C2c2ccccc2F)cc1. The molecule has 1 heterocycles. The second kappa shape index (κ2) is 8.48. The Morgan fingerprint density at radius 2 is 1.56 bits per heavy atom. The molecule has 0 aliphatic carbocycles. The van der Waals surface area contributed by atoms with E-state index in [2.05, 4.69) is 0 Å². The molecule has 1 aliphatic heterocycles. The molecule has 1 atom stereocenters. The van der Waals surface area contributed by atoms with E-state index in [1.807, 2.05) is 30.3 Å². The van der Waals surface area contributed by atoms with Crippen molar-refractivity contribution in [3.05, 3.63) is 114 Å². The Morgan fingerprint density at radius 1 is 0.882 bits per heavy atom. The number of halogens is 1. The number of Topliss-reactive ketones (excluding diaryl/α,β-unsaturated/α-hetero) is 1. The molecule has 0 bridgehead atoms. The van der Waals surface area contributed by atoms with Gasteiger partial charge in [-0.15, -0.1) is 0 Å². The molecule has 5 rings (SSSR count). The van der Waals surface area contributed by atoms with Crippen molar-refractivity contribution >= 4 is 33.9 Å². The van der Waals surface area contributed by atoms with Crippen molar-refractivity contribution in [3.63, 3.8) is 0 Å². The van der Waals surface area contributed by atoms with Crippen molar-refractivity contribution in [2.75, 3.05) is 12.0 Å². The quantitative estimate of drug-likeness (QED) is 0.248. The van der Waals surface area contributed by atoms with Crippen LogP contribution in [0.15, 0.2) is 96.6 Å². The Labute approximate surface area is 195 Å². The fraction of sp³-hybridized carbons (Fsp3) is 0.0714. The number of hydrogen-bond donors (Lipinski definition) is 1. The maximum absolute atomic E-state index is 15.0. The van der Waals surface area contributed by atoms with Gasteiger partial charge in [0.2, 0.25) is 0 Å². The second-order valence-corrected chi connectivity index (χ2v) is 7.95. The van der Waals surface area contributed by atoms with Crippen LogP contribution in [0.5, 0.6) is 5.75 Å². The molecule has 1 amide bonds. The van der Waals surface area contributed by atoms with E-state index >= 15 is 0 Å². The zero-order valence-corrected chi connectivity index (χ0v) is 18.2. The number of amides is 1. The lowest BCUT2D eigenvalue weighted by molar-refractivity contribution is -0.132. The predicted octanol–water partition coefficient (Wildman–Crippen LogP) is 5.61. The van der Waals surface area contributed by atoms with Gasteiger partial charge in [-0.3, -0.25) is 14.5 Å². The maximum atomic E-state index is 15.0. The van der Waals surface area contributed by atoms with Crippen molar-refractivity contribution in [2.45, 2.75) is 6.04 Å². The van der Waals surface area contributed by atoms with Gasteiger partial charge in [0.25, 0.3) is 11.7 Å². The number of ketones is 1. The lowest BCUT2D eigenvalue weighted by atomic mass is 9.94. The van der Waals surface area contributed by atoms with Crippen molar-refractivity contribution < 1.29 is 23.8 Å². The second-order valence-electron chi connectivity index (χ2n) is 7.95. The van der Waals surface area contributed by atoms with E-state index in [9.17, 15) is 19.1 Å². The van der Waals surface area contributed by atoms with E-state index in [1.165, 1.54) is 30.2 Å². The van der Waals surface area contributed by atoms with E-state index in [0.717, 1.165) is 10.8 Å². The number of anilines is 1. The number of carbonyl (C=O) groups is 2. The molecule has 34 heavy (non-hydrogen) atoms. The normalized spacial score (nSPS) is 17.4. The van der Waals surface area contributed by atoms with Gasteiger partial charge in [0.05, 0.1) is 18.7 Å². The molecule has 0 radical (unpaired) electrons. The molecule has 168 valence electrons. The van der Waals surface area contributed by atoms with Gasteiger partial charge in [0.1, 0.15) is 17.3 Å². The Balaban J connectivity index is 1.73. The average molecular weight is 453 g/mol. The zero-order chi connectivity index (χ0) is 23.8. The summed E-state index contributed by atoms with van der Waals surface area (Å²) < 4.78 is 20.2. The Kier molecular flexibility index (Phi) is 5.34. The van der Waals surface area contributed by atoms with E-state index < -0.39 is 23.5 Å². The van der Waals surface area contributed by atoms with Gasteiger partial charge in [-0.05, 0) is 47.2 Å². The number of ether oxygens (including phenoxy) is 1. The van der Waals surface area contributed by atoms with Gasteiger partial charge in [-0.1, -0.05) is 54.6 Å². The molecule has 1 N–H and O–H groups in total. The van der Waals surface area contributed by atoms with Gasteiger partial charge in [0, 0.05) is 16.8 Å². The number of carbonyl (C=O) groups excluding carboxylic acids is 2. The van der Waals surface area contributed by atoms with Crippen LogP contribution in [0, 0.1) is 5.82 Å². The number of aliphatic hydroxyl groups is 1. The van der Waals surface area contributed by atoms with Gasteiger partial charge in [0.15, 0.2) is 0 Å². The number of nitrogens with zero attached hydrogens (tertiary/aromatic N) is 1. The van der Waals surface area contributed by atoms with Crippen molar-refractivity contribution in [2.24, 2.45) is 0 Å². The number of aliphatic hydroxyl groups excluding tert-OH is 1. The number of hydrogen-bond acceptors (Lipinski definition) is 4. The summed E-state index contributed by atoms with van der Waals surface area (Å²) in [6.07, 6.45) is 0. The summed E-state index contributed by atoms with van der Waals surface area (Å²) in [5.74, 6) is -2.10. The van der Waals surface area contributed by atoms with Crippen LogP contribution in [0.1, 0.15) is 17.2 Å². The highest BCUT2D eigenvalue weighted by molar-refractivity contribution is 6.51. The lowest BCUT2D eigenvalue weighted by Crippen LogP contribution is -2.29. The maximum Gasteiger partial charge on any atom is 0.300 e. The summed E-state index contributed by atoms with van der Waals surface area (Å²) >= 11 is 0. The average Bonchev–Trinajstić information content (AvgIpc) is 3.13. The van der Waals surface area contributed by atoms with E-state index in [0.29, 0.717) is 17.0 Å². The monoisotopic (exact) mass is 453 g/mol. The third-order valence-electron chi connectivity index (χ3n) is 6.02. The molecule has 4 aromatic carbocycles. The molecule has 4 aromatic rings. The first-order valence-corrected chi connectivity index (χ1v) is 10.7. The smallest absolute Gasteiger partial charge is 0.300 e. The largest absolute Gasteiger partial charge is 0.507 e. The van der Waals surface area contributed by atoms with Crippen LogP contribution >= 0.6 is 0 Å². The van der Waals surface area contributed by atoms with Gasteiger partial charge in [-0.25, -0.2) is 4.39 Å². The Bertz CT molecular complexity index is 1460. The molecule has 5 nitrogen and oxygen atoms in total. The van der Waals surface area contributed by atoms with Crippen LogP contribution in [0.25, 0.3) is 16.5 Å². The minimum Gasteiger partial charge on any atom is -0.507 e. The Hall–Kier alpha value is -4.45. The topological polar surface area (TPSA) is 66.8 Å². The van der Waals surface area contributed by atoms with Gasteiger partial charge >= 0.3 is 0 Å². The molecule has 0 saturated carbocycles. The Morgan fingerprint density at radius 3 is 2.26 bits per heavy atom. The minimum absolute atomic E-state index is 0.111. The molecule has 0 aromatic heterocycles. The number of methoxy groups -OCH3 is 1. The van der Waals surface area contributed by atoms with Crippen LogP contribution in [-0.2, 0) is 9.59 Å². The highest BCUT2D eigenvalue weighted by Gasteiger charge is 2.47. The summed E-state index contributed by atoms with van der Waals surface area (Å²) in [5.41, 5.74) is 0.697. The highest BCUT2D eigenvalue weighted by atomic mass is 19.1. The molecular formula is C28H20FNO4. The van der Waals surface area contributed by atoms with Crippen molar-refractivity contribution in [1.29, 1.82) is 0 Å². The van der Waals surface area contributed by atoms with Crippen LogP contribution in [0.4, 0.5) is 10.1 Å². The summed E-state index contributed by atoms with van der Waals surface area (Å²) in [7, 11) is 1.52. The first-order valence-electron chi connectivity index (χ1n) is 10.7. The van der Waals surface area contributed by atoms with Crippen LogP contribution in [-0.4, -0.2) is 23.9 Å². The summed E-state index contributed by atoms with van der Waals surface area (Å²) in [6.45, 7) is 0. The highest BCUT2D eigenvalue weighted by Crippen LogP contribution is 2.43. The number of rotatable bonds is 4. The molecule has 1 saturated heterocycles. The zero-order valence-electron chi connectivity index (χ0n) is 18.2. The minimum atomic E-state index is -1.14. The van der Waals surface area contributed by atoms with Crippen LogP contribution < -0.4 is 9.64 Å². The summed E-state index contributed by atoms with van der Waals surface area (Å²) in [5, 5.41) is 13.1. The van der Waals surface area contributed by atoms with Crippen molar-refractivity contribution in [1.82, 2.24) is 0 Å². The lowest BCUT2D eigenvalue weighted by Gasteiger charge is -2.26. The van der Waals surface area contributed by atoms with E-state index in [-0.39, 0.29) is 16.9 Å². The summed E-state index contributed by atoms with van der Waals surface area (Å²) in [4.78, 5) is 27.6. The molecule has 1 unspecified atom stereocenters. The van der Waals surface area contributed by atoms with Crippen LogP contribution in [0.2, 0.25) is 0 Å². The van der Waals surface area contributed by atoms with E-state index in [4.69, 9.17) is 4.74 Å². The fourth-order valence-corrected chi connectivity index (χ4v) is 4.32. The third kappa shape index (κ3) is 3.49. The van der Waals surface area contributed by atoms with Crippen molar-refractivity contribution in [3.8, 4) is 5.75 Å². The molecule has 6 heteroatoms. The molecule has 1 fully saturated rings. The molecule has 0 spiro atoms. The number of benzene rings is 4. The predicted molar refractivity (Wildman–Crippen MR) is 128 cm³/mol. The summed E-state index contributed by atoms with van der Waals surface area (Å²) in [6, 6.07) is 24.2.